The number of aliphatic hydroxyl groups excluding tert-OH is 1. The van der Waals surface area contributed by atoms with Crippen molar-refractivity contribution in [2.45, 2.75) is 37.8 Å². The molecule has 74 valence electrons. The summed E-state index contributed by atoms with van der Waals surface area (Å²) in [5.41, 5.74) is 0. The van der Waals surface area contributed by atoms with Crippen LogP contribution in [0.2, 0.25) is 0 Å². The largest absolute Gasteiger partial charge is 0.393 e. The summed E-state index contributed by atoms with van der Waals surface area (Å²) < 4.78 is 0. The van der Waals surface area contributed by atoms with Crippen molar-refractivity contribution in [3.8, 4) is 0 Å². The summed E-state index contributed by atoms with van der Waals surface area (Å²) in [7, 11) is 0. The molecule has 0 saturated heterocycles. The van der Waals surface area contributed by atoms with Crippen LogP contribution >= 0.6 is 0 Å². The Morgan fingerprint density at radius 3 is 2.62 bits per heavy atom. The molecular weight excluding hydrogens is 168 g/mol. The Bertz CT molecular complexity index is 198. The van der Waals surface area contributed by atoms with E-state index in [0.717, 1.165) is 25.7 Å². The normalized spacial score (nSPS) is 32.1. The summed E-state index contributed by atoms with van der Waals surface area (Å²) in [5.74, 6) is 0.486. The zero-order chi connectivity index (χ0) is 9.26. The van der Waals surface area contributed by atoms with Gasteiger partial charge in [0.2, 0.25) is 0 Å². The minimum atomic E-state index is -0.127. The maximum atomic E-state index is 11.1. The Hall–Kier alpha value is -0.770. The zero-order valence-corrected chi connectivity index (χ0v) is 7.62. The molecule has 0 spiro atoms. The molecule has 0 heterocycles. The molecule has 2 fully saturated rings. The average molecular weight is 184 g/mol. The van der Waals surface area contributed by atoms with E-state index in [2.05, 4.69) is 10.6 Å². The molecule has 4 nitrogen and oxygen atoms in total. The summed E-state index contributed by atoms with van der Waals surface area (Å²) in [5, 5.41) is 14.7. The Balaban J connectivity index is 1.54. The van der Waals surface area contributed by atoms with E-state index in [-0.39, 0.29) is 12.1 Å². The lowest BCUT2D eigenvalue weighted by atomic mass is 9.82. The fraction of sp³-hybridized carbons (Fsp3) is 0.889. The molecule has 3 N–H and O–H groups in total. The molecule has 13 heavy (non-hydrogen) atoms. The van der Waals surface area contributed by atoms with Crippen LogP contribution in [0.15, 0.2) is 0 Å². The molecule has 0 bridgehead atoms. The van der Waals surface area contributed by atoms with Crippen molar-refractivity contribution in [3.05, 3.63) is 0 Å². The highest BCUT2D eigenvalue weighted by Gasteiger charge is 2.28. The highest BCUT2D eigenvalue weighted by molar-refractivity contribution is 5.74. The van der Waals surface area contributed by atoms with Gasteiger partial charge in [0.25, 0.3) is 0 Å². The first kappa shape index (κ1) is 8.81. The molecule has 2 aliphatic carbocycles. The molecule has 2 aliphatic rings. The minimum Gasteiger partial charge on any atom is -0.393 e. The van der Waals surface area contributed by atoms with E-state index in [1.54, 1.807) is 0 Å². The number of aliphatic hydroxyl groups is 1. The quantitative estimate of drug-likeness (QED) is 0.587. The molecular formula is C9H16N2O2. The van der Waals surface area contributed by atoms with Gasteiger partial charge in [-0.25, -0.2) is 4.79 Å². The molecule has 0 aromatic carbocycles. The van der Waals surface area contributed by atoms with Gasteiger partial charge in [-0.05, 0) is 31.6 Å². The van der Waals surface area contributed by atoms with Gasteiger partial charge >= 0.3 is 6.03 Å². The van der Waals surface area contributed by atoms with E-state index in [1.807, 2.05) is 0 Å². The summed E-state index contributed by atoms with van der Waals surface area (Å²) in [4.78, 5) is 11.1. The van der Waals surface area contributed by atoms with Gasteiger partial charge in [-0.2, -0.15) is 0 Å². The van der Waals surface area contributed by atoms with Gasteiger partial charge in [0.1, 0.15) is 0 Å². The number of amides is 2. The van der Waals surface area contributed by atoms with Crippen molar-refractivity contribution in [2.24, 2.45) is 5.92 Å². The Morgan fingerprint density at radius 1 is 1.38 bits per heavy atom. The summed E-state index contributed by atoms with van der Waals surface area (Å²) in [6.45, 7) is 0.704. The van der Waals surface area contributed by atoms with Crippen LogP contribution in [0, 0.1) is 5.92 Å². The molecule has 0 unspecified atom stereocenters. The third-order valence-corrected chi connectivity index (χ3v) is 2.67. The molecule has 2 rings (SSSR count). The summed E-state index contributed by atoms with van der Waals surface area (Å²) in [6.07, 6.45) is 3.79. The van der Waals surface area contributed by atoms with E-state index >= 15 is 0 Å². The minimum absolute atomic E-state index is 0.0520. The topological polar surface area (TPSA) is 61.4 Å². The van der Waals surface area contributed by atoms with E-state index < -0.39 is 0 Å². The maximum Gasteiger partial charge on any atom is 0.315 e. The molecule has 0 radical (unpaired) electrons. The SMILES string of the molecule is O=C(NCC1CC(O)C1)NC1CC1. The molecule has 0 atom stereocenters. The van der Waals surface area contributed by atoms with Gasteiger partial charge in [-0.15, -0.1) is 0 Å². The lowest BCUT2D eigenvalue weighted by molar-refractivity contribution is 0.0441. The predicted octanol–water partition coefficient (Wildman–Crippen LogP) is 0.219. The van der Waals surface area contributed by atoms with Crippen molar-refractivity contribution < 1.29 is 9.90 Å². The molecule has 4 heteroatoms. The van der Waals surface area contributed by atoms with Crippen molar-refractivity contribution in [1.29, 1.82) is 0 Å². The van der Waals surface area contributed by atoms with Crippen LogP contribution < -0.4 is 10.6 Å². The monoisotopic (exact) mass is 184 g/mol. The van der Waals surface area contributed by atoms with Crippen LogP contribution in [0.3, 0.4) is 0 Å². The van der Waals surface area contributed by atoms with Crippen molar-refractivity contribution in [3.63, 3.8) is 0 Å². The molecule has 0 aromatic heterocycles. The first-order chi connectivity index (χ1) is 6.24. The van der Waals surface area contributed by atoms with Gasteiger partial charge in [0.15, 0.2) is 0 Å². The van der Waals surface area contributed by atoms with Crippen molar-refractivity contribution >= 4 is 6.03 Å². The summed E-state index contributed by atoms with van der Waals surface area (Å²) in [6, 6.07) is 0.371. The van der Waals surface area contributed by atoms with Gasteiger partial charge in [-0.1, -0.05) is 0 Å². The third kappa shape index (κ3) is 2.59. The van der Waals surface area contributed by atoms with E-state index in [9.17, 15) is 4.79 Å². The second kappa shape index (κ2) is 3.54. The number of urea groups is 1. The average Bonchev–Trinajstić information content (AvgIpc) is 2.79. The number of carbonyl (C=O) groups excluding carboxylic acids is 1. The van der Waals surface area contributed by atoms with Crippen LogP contribution in [0.4, 0.5) is 4.79 Å². The molecule has 2 saturated carbocycles. The number of rotatable bonds is 3. The van der Waals surface area contributed by atoms with Crippen molar-refractivity contribution in [2.75, 3.05) is 6.54 Å². The first-order valence-electron chi connectivity index (χ1n) is 4.96. The fourth-order valence-corrected chi connectivity index (χ4v) is 1.57. The maximum absolute atomic E-state index is 11.1. The Morgan fingerprint density at radius 2 is 2.08 bits per heavy atom. The van der Waals surface area contributed by atoms with E-state index in [0.29, 0.717) is 18.5 Å². The second-order valence-corrected chi connectivity index (χ2v) is 4.12. The number of hydrogen-bond acceptors (Lipinski definition) is 2. The Labute approximate surface area is 77.7 Å². The number of carbonyl (C=O) groups is 1. The fourth-order valence-electron chi connectivity index (χ4n) is 1.57. The smallest absolute Gasteiger partial charge is 0.315 e. The zero-order valence-electron chi connectivity index (χ0n) is 7.62. The van der Waals surface area contributed by atoms with Gasteiger partial charge in [-0.3, -0.25) is 0 Å². The van der Waals surface area contributed by atoms with Crippen LogP contribution in [-0.2, 0) is 0 Å². The lowest BCUT2D eigenvalue weighted by Crippen LogP contribution is -2.43. The molecule has 0 aromatic rings. The molecule has 0 aliphatic heterocycles. The second-order valence-electron chi connectivity index (χ2n) is 4.12. The summed E-state index contributed by atoms with van der Waals surface area (Å²) >= 11 is 0. The third-order valence-electron chi connectivity index (χ3n) is 2.67. The van der Waals surface area contributed by atoms with Crippen LogP contribution in [0.25, 0.3) is 0 Å². The van der Waals surface area contributed by atoms with Crippen LogP contribution in [0.1, 0.15) is 25.7 Å². The number of nitrogens with one attached hydrogen (secondary N) is 2. The van der Waals surface area contributed by atoms with Crippen molar-refractivity contribution in [1.82, 2.24) is 10.6 Å². The van der Waals surface area contributed by atoms with Crippen LogP contribution in [0.5, 0.6) is 0 Å². The van der Waals surface area contributed by atoms with Crippen LogP contribution in [-0.4, -0.2) is 29.8 Å². The van der Waals surface area contributed by atoms with E-state index in [1.165, 1.54) is 0 Å². The lowest BCUT2D eigenvalue weighted by Gasteiger charge is -2.31. The highest BCUT2D eigenvalue weighted by Crippen LogP contribution is 2.26. The first-order valence-corrected chi connectivity index (χ1v) is 4.96. The van der Waals surface area contributed by atoms with E-state index in [4.69, 9.17) is 5.11 Å². The Kier molecular flexibility index (Phi) is 2.40. The van der Waals surface area contributed by atoms with Gasteiger partial charge in [0, 0.05) is 12.6 Å². The van der Waals surface area contributed by atoms with Gasteiger partial charge < -0.3 is 15.7 Å². The highest BCUT2D eigenvalue weighted by atomic mass is 16.3. The molecule has 2 amide bonds. The number of hydrogen-bond donors (Lipinski definition) is 3. The standard InChI is InChI=1S/C9H16N2O2/c12-8-3-6(4-8)5-10-9(13)11-7-1-2-7/h6-8,12H,1-5H2,(H2,10,11,13). The predicted molar refractivity (Wildman–Crippen MR) is 48.3 cm³/mol. The van der Waals surface area contributed by atoms with Gasteiger partial charge in [0.05, 0.1) is 6.10 Å².